The summed E-state index contributed by atoms with van der Waals surface area (Å²) in [5.74, 6) is -0.291. The van der Waals surface area contributed by atoms with Gasteiger partial charge in [0.05, 0.1) is 4.83 Å². The SMILES string of the molecule is CCC(=O)C(Br)Cc1ccc(Cl)cc1F. The molecule has 0 heterocycles. The van der Waals surface area contributed by atoms with E-state index in [1.807, 2.05) is 0 Å². The van der Waals surface area contributed by atoms with E-state index in [1.165, 1.54) is 6.07 Å². The standard InChI is InChI=1S/C11H11BrClFO/c1-2-11(15)9(12)5-7-3-4-8(13)6-10(7)14/h3-4,6,9H,2,5H2,1H3. The minimum absolute atomic E-state index is 0.0735. The number of alkyl halides is 1. The number of rotatable bonds is 4. The van der Waals surface area contributed by atoms with Crippen molar-refractivity contribution < 1.29 is 9.18 Å². The number of ketones is 1. The minimum Gasteiger partial charge on any atom is -0.298 e. The Bertz CT molecular complexity index is 368. The second-order valence-electron chi connectivity index (χ2n) is 3.23. The summed E-state index contributed by atoms with van der Waals surface area (Å²) in [4.78, 5) is 11.0. The van der Waals surface area contributed by atoms with Crippen molar-refractivity contribution in [1.29, 1.82) is 0 Å². The highest BCUT2D eigenvalue weighted by atomic mass is 79.9. The fraction of sp³-hybridized carbons (Fsp3) is 0.364. The van der Waals surface area contributed by atoms with E-state index < -0.39 is 0 Å². The van der Waals surface area contributed by atoms with Gasteiger partial charge in [-0.05, 0) is 24.1 Å². The molecule has 0 spiro atoms. The van der Waals surface area contributed by atoms with Gasteiger partial charge < -0.3 is 0 Å². The van der Waals surface area contributed by atoms with E-state index in [4.69, 9.17) is 11.6 Å². The van der Waals surface area contributed by atoms with Crippen molar-refractivity contribution in [3.05, 3.63) is 34.6 Å². The maximum Gasteiger partial charge on any atom is 0.146 e. The Kier molecular flexibility index (Phi) is 4.74. The first-order valence-electron chi connectivity index (χ1n) is 4.65. The third-order valence-electron chi connectivity index (χ3n) is 2.11. The van der Waals surface area contributed by atoms with Crippen molar-refractivity contribution in [3.63, 3.8) is 0 Å². The van der Waals surface area contributed by atoms with Gasteiger partial charge in [-0.15, -0.1) is 0 Å². The Hall–Kier alpha value is -0.410. The number of benzene rings is 1. The summed E-state index contributed by atoms with van der Waals surface area (Å²) in [6.07, 6.45) is 0.806. The zero-order valence-corrected chi connectivity index (χ0v) is 10.6. The number of carbonyl (C=O) groups is 1. The summed E-state index contributed by atoms with van der Waals surface area (Å²) >= 11 is 8.87. The molecule has 1 unspecified atom stereocenters. The van der Waals surface area contributed by atoms with Crippen molar-refractivity contribution in [3.8, 4) is 0 Å². The van der Waals surface area contributed by atoms with Crippen LogP contribution in [0, 0.1) is 5.82 Å². The first-order chi connectivity index (χ1) is 7.04. The molecule has 1 nitrogen and oxygen atoms in total. The molecule has 0 saturated heterocycles. The van der Waals surface area contributed by atoms with Gasteiger partial charge in [0.15, 0.2) is 0 Å². The largest absolute Gasteiger partial charge is 0.298 e. The van der Waals surface area contributed by atoms with E-state index in [0.717, 1.165) is 0 Å². The molecule has 0 fully saturated rings. The van der Waals surface area contributed by atoms with Gasteiger partial charge in [0, 0.05) is 11.4 Å². The van der Waals surface area contributed by atoms with E-state index in [9.17, 15) is 9.18 Å². The summed E-state index contributed by atoms with van der Waals surface area (Å²) in [5.41, 5.74) is 0.503. The molecular weight excluding hydrogens is 282 g/mol. The molecule has 0 N–H and O–H groups in total. The molecule has 1 rings (SSSR count). The number of carbonyl (C=O) groups excluding carboxylic acids is 1. The van der Waals surface area contributed by atoms with Crippen molar-refractivity contribution in [2.75, 3.05) is 0 Å². The normalized spacial score (nSPS) is 12.5. The lowest BCUT2D eigenvalue weighted by Gasteiger charge is -2.08. The highest BCUT2D eigenvalue weighted by molar-refractivity contribution is 9.10. The summed E-state index contributed by atoms with van der Waals surface area (Å²) < 4.78 is 13.4. The minimum atomic E-state index is -0.365. The lowest BCUT2D eigenvalue weighted by molar-refractivity contribution is -0.118. The van der Waals surface area contributed by atoms with E-state index in [0.29, 0.717) is 23.4 Å². The molecule has 1 aromatic carbocycles. The molecule has 0 amide bonds. The molecule has 0 aliphatic carbocycles. The second-order valence-corrected chi connectivity index (χ2v) is 4.77. The molecule has 82 valence electrons. The molecule has 1 aromatic rings. The van der Waals surface area contributed by atoms with Crippen molar-refractivity contribution in [1.82, 2.24) is 0 Å². The van der Waals surface area contributed by atoms with Crippen LogP contribution in [0.15, 0.2) is 18.2 Å². The van der Waals surface area contributed by atoms with Crippen LogP contribution in [0.4, 0.5) is 4.39 Å². The molecule has 0 radical (unpaired) electrons. The third-order valence-corrected chi connectivity index (χ3v) is 3.18. The van der Waals surface area contributed by atoms with Crippen LogP contribution in [-0.4, -0.2) is 10.6 Å². The molecule has 0 aliphatic rings. The van der Waals surface area contributed by atoms with Crippen LogP contribution in [0.2, 0.25) is 5.02 Å². The maximum atomic E-state index is 13.4. The van der Waals surface area contributed by atoms with Crippen LogP contribution in [0.5, 0.6) is 0 Å². The quantitative estimate of drug-likeness (QED) is 0.773. The molecule has 4 heteroatoms. The summed E-state index contributed by atoms with van der Waals surface area (Å²) in [5, 5.41) is 0.365. The number of Topliss-reactive ketones (excluding diaryl/α,β-unsaturated/α-hetero) is 1. The van der Waals surface area contributed by atoms with Crippen molar-refractivity contribution in [2.24, 2.45) is 0 Å². The van der Waals surface area contributed by atoms with E-state index in [1.54, 1.807) is 19.1 Å². The molecule has 0 bridgehead atoms. The zero-order chi connectivity index (χ0) is 11.4. The van der Waals surface area contributed by atoms with Crippen molar-refractivity contribution >= 4 is 33.3 Å². The summed E-state index contributed by atoms with van der Waals surface area (Å²) in [7, 11) is 0. The van der Waals surface area contributed by atoms with E-state index >= 15 is 0 Å². The molecular formula is C11H11BrClFO. The third kappa shape index (κ3) is 3.58. The molecule has 0 saturated carbocycles. The number of hydrogen-bond acceptors (Lipinski definition) is 1. The highest BCUT2D eigenvalue weighted by Crippen LogP contribution is 2.19. The summed E-state index contributed by atoms with van der Waals surface area (Å²) in [6, 6.07) is 4.48. The van der Waals surface area contributed by atoms with Crippen LogP contribution in [-0.2, 0) is 11.2 Å². The molecule has 15 heavy (non-hydrogen) atoms. The second kappa shape index (κ2) is 5.61. The van der Waals surface area contributed by atoms with Crippen LogP contribution >= 0.6 is 27.5 Å². The Balaban J connectivity index is 2.76. The van der Waals surface area contributed by atoms with Gasteiger partial charge in [-0.25, -0.2) is 4.39 Å². The molecule has 0 aliphatic heterocycles. The van der Waals surface area contributed by atoms with E-state index in [2.05, 4.69) is 15.9 Å². The Morgan fingerprint density at radius 3 is 2.80 bits per heavy atom. The zero-order valence-electron chi connectivity index (χ0n) is 8.27. The maximum absolute atomic E-state index is 13.4. The van der Waals surface area contributed by atoms with Gasteiger partial charge in [0.2, 0.25) is 0 Å². The smallest absolute Gasteiger partial charge is 0.146 e. The molecule has 0 aromatic heterocycles. The Labute approximate surface area is 102 Å². The highest BCUT2D eigenvalue weighted by Gasteiger charge is 2.15. The first kappa shape index (κ1) is 12.7. The van der Waals surface area contributed by atoms with Gasteiger partial charge in [0.1, 0.15) is 11.6 Å². The van der Waals surface area contributed by atoms with Gasteiger partial charge in [0.25, 0.3) is 0 Å². The average molecular weight is 294 g/mol. The fourth-order valence-corrected chi connectivity index (χ4v) is 2.05. The van der Waals surface area contributed by atoms with Crippen LogP contribution in [0.3, 0.4) is 0 Å². The Morgan fingerprint density at radius 1 is 1.60 bits per heavy atom. The van der Waals surface area contributed by atoms with Crippen LogP contribution < -0.4 is 0 Å². The molecule has 1 atom stereocenters. The van der Waals surface area contributed by atoms with Crippen LogP contribution in [0.25, 0.3) is 0 Å². The number of hydrogen-bond donors (Lipinski definition) is 0. The number of halogens is 3. The fourth-order valence-electron chi connectivity index (χ4n) is 1.22. The first-order valence-corrected chi connectivity index (χ1v) is 5.94. The Morgan fingerprint density at radius 2 is 2.27 bits per heavy atom. The predicted molar refractivity (Wildman–Crippen MR) is 63.1 cm³/mol. The lowest BCUT2D eigenvalue weighted by Crippen LogP contribution is -2.16. The average Bonchev–Trinajstić information content (AvgIpc) is 2.20. The van der Waals surface area contributed by atoms with Gasteiger partial charge in [-0.2, -0.15) is 0 Å². The van der Waals surface area contributed by atoms with Gasteiger partial charge in [-0.3, -0.25) is 4.79 Å². The van der Waals surface area contributed by atoms with Gasteiger partial charge >= 0.3 is 0 Å². The predicted octanol–water partition coefficient (Wildman–Crippen LogP) is 3.76. The van der Waals surface area contributed by atoms with E-state index in [-0.39, 0.29) is 16.4 Å². The topological polar surface area (TPSA) is 17.1 Å². The van der Waals surface area contributed by atoms with Crippen LogP contribution in [0.1, 0.15) is 18.9 Å². The lowest BCUT2D eigenvalue weighted by atomic mass is 10.1. The van der Waals surface area contributed by atoms with Crippen molar-refractivity contribution in [2.45, 2.75) is 24.6 Å². The summed E-state index contributed by atoms with van der Waals surface area (Å²) in [6.45, 7) is 1.79. The monoisotopic (exact) mass is 292 g/mol. The van der Waals surface area contributed by atoms with Gasteiger partial charge in [-0.1, -0.05) is 40.5 Å².